The first-order valence-corrected chi connectivity index (χ1v) is 2.97. The molecule has 0 saturated heterocycles. The molecule has 5 nitrogen and oxygen atoms in total. The Labute approximate surface area is 61.3 Å². The van der Waals surface area contributed by atoms with E-state index in [0.29, 0.717) is 6.29 Å². The Bertz CT molecular complexity index is 363. The Kier molecular flexibility index (Phi) is 2.00. The number of rotatable bonds is 2. The van der Waals surface area contributed by atoms with Crippen LogP contribution in [0.3, 0.4) is 0 Å². The van der Waals surface area contributed by atoms with Crippen LogP contribution in [0, 0.1) is 0 Å². The van der Waals surface area contributed by atoms with Gasteiger partial charge in [0.05, 0.1) is 6.54 Å². The van der Waals surface area contributed by atoms with Crippen molar-refractivity contribution in [3.05, 3.63) is 33.1 Å². The molecule has 11 heavy (non-hydrogen) atoms. The molecule has 0 aliphatic heterocycles. The fourth-order valence-electron chi connectivity index (χ4n) is 0.668. The molecule has 58 valence electrons. The lowest BCUT2D eigenvalue weighted by Gasteiger charge is -1.95. The second kappa shape index (κ2) is 2.96. The average molecular weight is 154 g/mol. The van der Waals surface area contributed by atoms with Gasteiger partial charge in [-0.05, 0) is 0 Å². The van der Waals surface area contributed by atoms with E-state index in [1.165, 1.54) is 12.3 Å². The number of nitrogens with zero attached hydrogens (tertiary/aromatic N) is 1. The highest BCUT2D eigenvalue weighted by Crippen LogP contribution is 1.70. The molecule has 0 unspecified atom stereocenters. The summed E-state index contributed by atoms with van der Waals surface area (Å²) in [5.74, 6) is 0. The predicted molar refractivity (Wildman–Crippen MR) is 37.4 cm³/mol. The van der Waals surface area contributed by atoms with Crippen LogP contribution >= 0.6 is 0 Å². The van der Waals surface area contributed by atoms with Crippen LogP contribution < -0.4 is 11.2 Å². The highest BCUT2D eigenvalue weighted by molar-refractivity contribution is 5.48. The molecule has 0 aliphatic carbocycles. The number of nitrogens with one attached hydrogen (secondary N) is 1. The van der Waals surface area contributed by atoms with Crippen LogP contribution in [0.2, 0.25) is 0 Å². The molecule has 1 N–H and O–H groups in total. The lowest BCUT2D eigenvalue weighted by atomic mass is 10.6. The van der Waals surface area contributed by atoms with Crippen LogP contribution in [-0.2, 0) is 11.3 Å². The summed E-state index contributed by atoms with van der Waals surface area (Å²) in [6.45, 7) is -0.0321. The minimum Gasteiger partial charge on any atom is -0.301 e. The summed E-state index contributed by atoms with van der Waals surface area (Å²) >= 11 is 0. The van der Waals surface area contributed by atoms with Crippen molar-refractivity contribution < 1.29 is 4.79 Å². The highest BCUT2D eigenvalue weighted by Gasteiger charge is 1.92. The number of aromatic nitrogens is 2. The third kappa shape index (κ3) is 1.64. The molecule has 0 aliphatic rings. The van der Waals surface area contributed by atoms with Crippen molar-refractivity contribution in [1.82, 2.24) is 9.55 Å². The third-order valence-electron chi connectivity index (χ3n) is 1.17. The van der Waals surface area contributed by atoms with Gasteiger partial charge in [-0.3, -0.25) is 14.3 Å². The first-order chi connectivity index (χ1) is 5.24. The quantitative estimate of drug-likeness (QED) is 0.540. The Morgan fingerprint density at radius 3 is 2.82 bits per heavy atom. The topological polar surface area (TPSA) is 71.9 Å². The van der Waals surface area contributed by atoms with Gasteiger partial charge in [0, 0.05) is 12.3 Å². The van der Waals surface area contributed by atoms with Crippen LogP contribution in [0.5, 0.6) is 0 Å². The molecule has 1 aromatic rings. The normalized spacial score (nSPS) is 9.45. The van der Waals surface area contributed by atoms with Crippen molar-refractivity contribution in [3.8, 4) is 0 Å². The summed E-state index contributed by atoms with van der Waals surface area (Å²) < 4.78 is 1.11. The lowest BCUT2D eigenvalue weighted by molar-refractivity contribution is -0.108. The van der Waals surface area contributed by atoms with E-state index in [1.54, 1.807) is 0 Å². The number of hydrogen-bond donors (Lipinski definition) is 1. The van der Waals surface area contributed by atoms with Crippen LogP contribution in [0.1, 0.15) is 0 Å². The minimum absolute atomic E-state index is 0.0321. The molecule has 1 aromatic heterocycles. The van der Waals surface area contributed by atoms with Crippen molar-refractivity contribution in [1.29, 1.82) is 0 Å². The van der Waals surface area contributed by atoms with E-state index in [0.717, 1.165) is 4.57 Å². The Morgan fingerprint density at radius 2 is 2.27 bits per heavy atom. The van der Waals surface area contributed by atoms with Crippen LogP contribution in [0.25, 0.3) is 0 Å². The van der Waals surface area contributed by atoms with Crippen molar-refractivity contribution in [2.75, 3.05) is 0 Å². The molecule has 0 bridgehead atoms. The highest BCUT2D eigenvalue weighted by atomic mass is 16.2. The van der Waals surface area contributed by atoms with Crippen LogP contribution in [0.4, 0.5) is 0 Å². The molecular formula is C6H6N2O3. The second-order valence-corrected chi connectivity index (χ2v) is 1.93. The maximum Gasteiger partial charge on any atom is 0.328 e. The zero-order valence-corrected chi connectivity index (χ0v) is 5.61. The third-order valence-corrected chi connectivity index (χ3v) is 1.17. The zero-order valence-electron chi connectivity index (χ0n) is 5.61. The van der Waals surface area contributed by atoms with E-state index in [-0.39, 0.29) is 6.54 Å². The van der Waals surface area contributed by atoms with Gasteiger partial charge >= 0.3 is 5.69 Å². The van der Waals surface area contributed by atoms with E-state index in [9.17, 15) is 14.4 Å². The molecule has 0 saturated carbocycles. The second-order valence-electron chi connectivity index (χ2n) is 1.93. The number of carbonyl (C=O) groups excluding carboxylic acids is 1. The summed E-state index contributed by atoms with van der Waals surface area (Å²) in [6.07, 6.45) is 1.86. The van der Waals surface area contributed by atoms with Gasteiger partial charge < -0.3 is 4.79 Å². The van der Waals surface area contributed by atoms with E-state index < -0.39 is 11.2 Å². The Hall–Kier alpha value is -1.65. The Morgan fingerprint density at radius 1 is 1.55 bits per heavy atom. The number of H-pyrrole nitrogens is 1. The number of aldehydes is 1. The van der Waals surface area contributed by atoms with Crippen LogP contribution in [-0.4, -0.2) is 15.8 Å². The monoisotopic (exact) mass is 154 g/mol. The zero-order chi connectivity index (χ0) is 8.27. The van der Waals surface area contributed by atoms with Gasteiger partial charge in [0.1, 0.15) is 6.29 Å². The molecule has 0 fully saturated rings. The summed E-state index contributed by atoms with van der Waals surface area (Å²) in [4.78, 5) is 33.2. The van der Waals surface area contributed by atoms with Gasteiger partial charge in [0.15, 0.2) is 0 Å². The van der Waals surface area contributed by atoms with Gasteiger partial charge in [-0.15, -0.1) is 0 Å². The molecule has 0 radical (unpaired) electrons. The SMILES string of the molecule is O=CCn1ccc(=O)[nH]c1=O. The smallest absolute Gasteiger partial charge is 0.301 e. The summed E-state index contributed by atoms with van der Waals surface area (Å²) in [6, 6.07) is 1.19. The van der Waals surface area contributed by atoms with Crippen molar-refractivity contribution in [3.63, 3.8) is 0 Å². The summed E-state index contributed by atoms with van der Waals surface area (Å²) in [5, 5.41) is 0. The van der Waals surface area contributed by atoms with Crippen molar-refractivity contribution in [2.24, 2.45) is 0 Å². The summed E-state index contributed by atoms with van der Waals surface area (Å²) in [7, 11) is 0. The summed E-state index contributed by atoms with van der Waals surface area (Å²) in [5.41, 5.74) is -1.03. The maximum atomic E-state index is 10.8. The first-order valence-electron chi connectivity index (χ1n) is 2.97. The van der Waals surface area contributed by atoms with Gasteiger partial charge in [-0.25, -0.2) is 4.79 Å². The number of carbonyl (C=O) groups is 1. The molecule has 5 heteroatoms. The number of aromatic amines is 1. The molecular weight excluding hydrogens is 148 g/mol. The van der Waals surface area contributed by atoms with E-state index >= 15 is 0 Å². The Balaban J connectivity index is 3.19. The molecule has 0 spiro atoms. The van der Waals surface area contributed by atoms with Gasteiger partial charge in [0.25, 0.3) is 5.56 Å². The van der Waals surface area contributed by atoms with Gasteiger partial charge in [-0.1, -0.05) is 0 Å². The minimum atomic E-state index is -0.565. The van der Waals surface area contributed by atoms with Crippen molar-refractivity contribution in [2.45, 2.75) is 6.54 Å². The average Bonchev–Trinajstić information content (AvgIpc) is 1.95. The van der Waals surface area contributed by atoms with Crippen LogP contribution in [0.15, 0.2) is 21.9 Å². The van der Waals surface area contributed by atoms with Gasteiger partial charge in [0.2, 0.25) is 0 Å². The number of hydrogen-bond acceptors (Lipinski definition) is 3. The maximum absolute atomic E-state index is 10.8. The molecule has 0 aromatic carbocycles. The lowest BCUT2D eigenvalue weighted by Crippen LogP contribution is -2.28. The predicted octanol–water partition coefficient (Wildman–Crippen LogP) is -1.26. The van der Waals surface area contributed by atoms with Crippen molar-refractivity contribution >= 4 is 6.29 Å². The molecule has 1 rings (SSSR count). The molecule has 0 atom stereocenters. The standard InChI is InChI=1S/C6H6N2O3/c9-4-3-8-2-1-5(10)7-6(8)11/h1-2,4H,3H2,(H,7,10,11). The molecule has 0 amide bonds. The molecule has 1 heterocycles. The van der Waals surface area contributed by atoms with E-state index in [1.807, 2.05) is 4.98 Å². The largest absolute Gasteiger partial charge is 0.328 e. The fourth-order valence-corrected chi connectivity index (χ4v) is 0.668. The van der Waals surface area contributed by atoms with E-state index in [4.69, 9.17) is 0 Å². The van der Waals surface area contributed by atoms with E-state index in [2.05, 4.69) is 0 Å². The van der Waals surface area contributed by atoms with Gasteiger partial charge in [-0.2, -0.15) is 0 Å². The first kappa shape index (κ1) is 7.46. The fraction of sp³-hybridized carbons (Fsp3) is 0.167.